The molecule has 0 aromatic heterocycles. The van der Waals surface area contributed by atoms with Crippen LogP contribution in [0.5, 0.6) is 0 Å². The van der Waals surface area contributed by atoms with Crippen LogP contribution in [0.15, 0.2) is 0 Å². The molecule has 6 heteroatoms. The zero-order chi connectivity index (χ0) is 8.85. The lowest BCUT2D eigenvalue weighted by Crippen LogP contribution is -2.42. The normalized spacial score (nSPS) is 15.2. The van der Waals surface area contributed by atoms with Crippen molar-refractivity contribution in [2.24, 2.45) is 5.84 Å². The van der Waals surface area contributed by atoms with Crippen LogP contribution >= 0.6 is 12.2 Å². The second kappa shape index (κ2) is 5.45. The van der Waals surface area contributed by atoms with Crippen LogP contribution in [0.4, 0.5) is 0 Å². The second-order valence-electron chi connectivity index (χ2n) is 2.16. The third-order valence-electron chi connectivity index (χ3n) is 1.25. The first-order chi connectivity index (χ1) is 5.07. The Morgan fingerprint density at radius 3 is 2.73 bits per heavy atom. The van der Waals surface area contributed by atoms with E-state index < -0.39 is 10.8 Å². The molecule has 0 rings (SSSR count). The number of hydrogen-bond acceptors (Lipinski definition) is 3. The molecular formula is C5H13N3OS2. The van der Waals surface area contributed by atoms with Crippen molar-refractivity contribution in [1.82, 2.24) is 10.7 Å². The Bertz CT molecular complexity index is 162. The lowest BCUT2D eigenvalue weighted by Gasteiger charge is -2.10. The number of hydrazine groups is 1. The van der Waals surface area contributed by atoms with E-state index in [1.807, 2.05) is 6.92 Å². The first-order valence-corrected chi connectivity index (χ1v) is 5.17. The number of thiocarbonyl (C=S) groups is 1. The van der Waals surface area contributed by atoms with E-state index in [9.17, 15) is 4.21 Å². The fraction of sp³-hybridized carbons (Fsp3) is 0.800. The van der Waals surface area contributed by atoms with Crippen LogP contribution in [0.3, 0.4) is 0 Å². The molecule has 2 unspecified atom stereocenters. The highest BCUT2D eigenvalue weighted by Crippen LogP contribution is 1.88. The minimum Gasteiger partial charge on any atom is -0.360 e. The fourth-order valence-electron chi connectivity index (χ4n) is 0.405. The van der Waals surface area contributed by atoms with Gasteiger partial charge in [0.15, 0.2) is 5.11 Å². The van der Waals surface area contributed by atoms with Gasteiger partial charge in [-0.25, -0.2) is 5.84 Å². The lowest BCUT2D eigenvalue weighted by atomic mass is 10.5. The van der Waals surface area contributed by atoms with E-state index in [1.54, 1.807) is 6.26 Å². The molecule has 0 fully saturated rings. The van der Waals surface area contributed by atoms with Crippen LogP contribution in [0.2, 0.25) is 0 Å². The summed E-state index contributed by atoms with van der Waals surface area (Å²) < 4.78 is 10.8. The first kappa shape index (κ1) is 10.8. The highest BCUT2D eigenvalue weighted by atomic mass is 32.2. The standard InChI is InChI=1S/C5H13N3OS2/c1-4(11(2)9)3-7-5(10)8-6/h4H,3,6H2,1-2H3,(H2,7,8,10). The molecule has 0 aromatic carbocycles. The highest BCUT2D eigenvalue weighted by molar-refractivity contribution is 7.84. The summed E-state index contributed by atoms with van der Waals surface area (Å²) in [6, 6.07) is 0. The molecule has 0 saturated heterocycles. The summed E-state index contributed by atoms with van der Waals surface area (Å²) in [5, 5.41) is 3.28. The van der Waals surface area contributed by atoms with Crippen molar-refractivity contribution in [1.29, 1.82) is 0 Å². The SMILES string of the molecule is CC(CNC(=S)NN)S(C)=O. The van der Waals surface area contributed by atoms with Crippen LogP contribution in [-0.4, -0.2) is 27.4 Å². The molecule has 0 heterocycles. The number of rotatable bonds is 3. The molecule has 0 spiro atoms. The quantitative estimate of drug-likeness (QED) is 0.309. The van der Waals surface area contributed by atoms with Crippen LogP contribution in [-0.2, 0) is 10.8 Å². The van der Waals surface area contributed by atoms with Crippen molar-refractivity contribution >= 4 is 28.1 Å². The van der Waals surface area contributed by atoms with E-state index in [1.165, 1.54) is 0 Å². The van der Waals surface area contributed by atoms with E-state index in [-0.39, 0.29) is 5.25 Å². The van der Waals surface area contributed by atoms with Crippen LogP contribution in [0.1, 0.15) is 6.92 Å². The van der Waals surface area contributed by atoms with Gasteiger partial charge >= 0.3 is 0 Å². The summed E-state index contributed by atoms with van der Waals surface area (Å²) >= 11 is 4.71. The molecule has 0 radical (unpaired) electrons. The van der Waals surface area contributed by atoms with Gasteiger partial charge in [-0.05, 0) is 19.1 Å². The smallest absolute Gasteiger partial charge is 0.180 e. The van der Waals surface area contributed by atoms with Gasteiger partial charge in [-0.2, -0.15) is 0 Å². The van der Waals surface area contributed by atoms with Gasteiger partial charge in [0.25, 0.3) is 0 Å². The van der Waals surface area contributed by atoms with Gasteiger partial charge in [-0.15, -0.1) is 0 Å². The van der Waals surface area contributed by atoms with Gasteiger partial charge < -0.3 is 10.7 Å². The number of nitrogens with two attached hydrogens (primary N) is 1. The zero-order valence-corrected chi connectivity index (χ0v) is 8.22. The van der Waals surface area contributed by atoms with Crippen molar-refractivity contribution in [3.8, 4) is 0 Å². The molecule has 0 bridgehead atoms. The van der Waals surface area contributed by atoms with E-state index in [0.29, 0.717) is 11.7 Å². The fourth-order valence-corrected chi connectivity index (χ4v) is 0.806. The molecular weight excluding hydrogens is 182 g/mol. The summed E-state index contributed by atoms with van der Waals surface area (Å²) in [5.41, 5.74) is 2.28. The first-order valence-electron chi connectivity index (χ1n) is 3.14. The second-order valence-corrected chi connectivity index (χ2v) is 4.37. The van der Waals surface area contributed by atoms with Crippen molar-refractivity contribution in [3.63, 3.8) is 0 Å². The Morgan fingerprint density at radius 2 is 2.36 bits per heavy atom. The molecule has 0 aliphatic carbocycles. The van der Waals surface area contributed by atoms with Crippen LogP contribution in [0, 0.1) is 0 Å². The van der Waals surface area contributed by atoms with E-state index in [2.05, 4.69) is 10.7 Å². The maximum Gasteiger partial charge on any atom is 0.180 e. The zero-order valence-electron chi connectivity index (χ0n) is 6.59. The predicted molar refractivity (Wildman–Crippen MR) is 51.5 cm³/mol. The van der Waals surface area contributed by atoms with E-state index >= 15 is 0 Å². The molecule has 66 valence electrons. The van der Waals surface area contributed by atoms with Gasteiger partial charge in [0.1, 0.15) is 0 Å². The number of nitrogens with one attached hydrogen (secondary N) is 2. The molecule has 0 amide bonds. The van der Waals surface area contributed by atoms with Gasteiger partial charge in [0, 0.05) is 28.9 Å². The largest absolute Gasteiger partial charge is 0.360 e. The monoisotopic (exact) mass is 195 g/mol. The average molecular weight is 195 g/mol. The van der Waals surface area contributed by atoms with Crippen LogP contribution in [0.25, 0.3) is 0 Å². The molecule has 4 nitrogen and oxygen atoms in total. The Balaban J connectivity index is 3.54. The summed E-state index contributed by atoms with van der Waals surface area (Å²) in [6.07, 6.45) is 1.66. The molecule has 0 saturated carbocycles. The lowest BCUT2D eigenvalue weighted by molar-refractivity contribution is 0.673. The Labute approximate surface area is 74.3 Å². The minimum atomic E-state index is -0.819. The Kier molecular flexibility index (Phi) is 5.35. The van der Waals surface area contributed by atoms with Gasteiger partial charge in [0.2, 0.25) is 0 Å². The maximum absolute atomic E-state index is 10.8. The summed E-state index contributed by atoms with van der Waals surface area (Å²) in [6.45, 7) is 2.45. The van der Waals surface area contributed by atoms with Crippen LogP contribution < -0.4 is 16.6 Å². The number of hydrogen-bond donors (Lipinski definition) is 3. The van der Waals surface area contributed by atoms with Crippen molar-refractivity contribution in [2.45, 2.75) is 12.2 Å². The highest BCUT2D eigenvalue weighted by Gasteiger charge is 2.05. The van der Waals surface area contributed by atoms with Gasteiger partial charge in [-0.1, -0.05) is 0 Å². The van der Waals surface area contributed by atoms with E-state index in [0.717, 1.165) is 0 Å². The third-order valence-corrected chi connectivity index (χ3v) is 2.81. The molecule has 2 atom stereocenters. The molecule has 0 aliphatic rings. The summed E-state index contributed by atoms with van der Waals surface area (Å²) in [4.78, 5) is 0. The molecule has 0 aliphatic heterocycles. The summed E-state index contributed by atoms with van der Waals surface area (Å²) in [5.74, 6) is 5.00. The summed E-state index contributed by atoms with van der Waals surface area (Å²) in [7, 11) is -0.819. The average Bonchev–Trinajstić information content (AvgIpc) is 1.99. The predicted octanol–water partition coefficient (Wildman–Crippen LogP) is -0.909. The van der Waals surface area contributed by atoms with Crippen molar-refractivity contribution in [2.75, 3.05) is 12.8 Å². The minimum absolute atomic E-state index is 0.0845. The topological polar surface area (TPSA) is 67.2 Å². The third kappa shape index (κ3) is 5.11. The van der Waals surface area contributed by atoms with Gasteiger partial charge in [0.05, 0.1) is 0 Å². The molecule has 0 aromatic rings. The van der Waals surface area contributed by atoms with Crippen molar-refractivity contribution < 1.29 is 4.21 Å². The van der Waals surface area contributed by atoms with Gasteiger partial charge in [-0.3, -0.25) is 4.21 Å². The molecule has 11 heavy (non-hydrogen) atoms. The van der Waals surface area contributed by atoms with E-state index in [4.69, 9.17) is 18.1 Å². The Morgan fingerprint density at radius 1 is 1.82 bits per heavy atom. The maximum atomic E-state index is 10.8. The van der Waals surface area contributed by atoms with Crippen molar-refractivity contribution in [3.05, 3.63) is 0 Å². The molecule has 4 N–H and O–H groups in total. The Hall–Kier alpha value is -0.200.